The van der Waals surface area contributed by atoms with E-state index in [9.17, 15) is 9.59 Å². The maximum absolute atomic E-state index is 12.8. The van der Waals surface area contributed by atoms with Gasteiger partial charge in [-0.3, -0.25) is 9.59 Å². The van der Waals surface area contributed by atoms with Crippen molar-refractivity contribution in [2.24, 2.45) is 5.92 Å². The summed E-state index contributed by atoms with van der Waals surface area (Å²) in [6, 6.07) is 6.63. The van der Waals surface area contributed by atoms with Gasteiger partial charge in [-0.2, -0.15) is 0 Å². The Morgan fingerprint density at radius 2 is 1.96 bits per heavy atom. The Hall–Kier alpha value is -1.88. The molecule has 0 aromatic heterocycles. The molecule has 1 unspecified atom stereocenters. The molecule has 5 heteroatoms. The Bertz CT molecular complexity index is 725. The van der Waals surface area contributed by atoms with Crippen molar-refractivity contribution >= 4 is 17.5 Å². The number of aryl methyl sites for hydroxylation is 2. The van der Waals surface area contributed by atoms with Crippen molar-refractivity contribution < 1.29 is 9.59 Å². The Morgan fingerprint density at radius 1 is 1.18 bits per heavy atom. The standard InChI is InChI=1S/C23H33N3O2/c1-2-3-11-25-12-9-20(10-13-25)24-23(28)19-15-22(27)26(16-19)21-8-7-17-5-4-6-18(17)14-21/h7-8,14,19-20H,2-6,9-13,15-16H2,1H3,(H,24,28). The fourth-order valence-corrected chi connectivity index (χ4v) is 4.86. The summed E-state index contributed by atoms with van der Waals surface area (Å²) in [5, 5.41) is 3.23. The number of hydrogen-bond acceptors (Lipinski definition) is 3. The maximum Gasteiger partial charge on any atom is 0.227 e. The zero-order valence-electron chi connectivity index (χ0n) is 17.1. The summed E-state index contributed by atoms with van der Waals surface area (Å²) in [5.41, 5.74) is 3.74. The molecule has 2 aliphatic heterocycles. The average Bonchev–Trinajstić information content (AvgIpc) is 3.33. The fourth-order valence-electron chi connectivity index (χ4n) is 4.86. The lowest BCUT2D eigenvalue weighted by atomic mass is 10.0. The van der Waals surface area contributed by atoms with E-state index in [0.29, 0.717) is 13.0 Å². The van der Waals surface area contributed by atoms with E-state index >= 15 is 0 Å². The maximum atomic E-state index is 12.8. The smallest absolute Gasteiger partial charge is 0.227 e. The van der Waals surface area contributed by atoms with Gasteiger partial charge in [-0.05, 0) is 68.3 Å². The van der Waals surface area contributed by atoms with Crippen LogP contribution in [0, 0.1) is 5.92 Å². The Balaban J connectivity index is 1.30. The van der Waals surface area contributed by atoms with Crippen LogP contribution in [0.1, 0.15) is 56.6 Å². The van der Waals surface area contributed by atoms with Crippen molar-refractivity contribution in [3.63, 3.8) is 0 Å². The third kappa shape index (κ3) is 4.24. The molecule has 5 nitrogen and oxygen atoms in total. The summed E-state index contributed by atoms with van der Waals surface area (Å²) in [4.78, 5) is 29.7. The molecule has 2 heterocycles. The molecule has 3 aliphatic rings. The summed E-state index contributed by atoms with van der Waals surface area (Å²) in [6.45, 7) is 6.04. The second kappa shape index (κ2) is 8.64. The third-order valence-corrected chi connectivity index (χ3v) is 6.65. The number of nitrogens with one attached hydrogen (secondary N) is 1. The minimum absolute atomic E-state index is 0.0593. The highest BCUT2D eigenvalue weighted by molar-refractivity contribution is 6.00. The first kappa shape index (κ1) is 19.4. The molecule has 1 aliphatic carbocycles. The number of amides is 2. The molecule has 2 saturated heterocycles. The number of anilines is 1. The van der Waals surface area contributed by atoms with E-state index in [1.54, 1.807) is 0 Å². The quantitative estimate of drug-likeness (QED) is 0.822. The summed E-state index contributed by atoms with van der Waals surface area (Å²) >= 11 is 0. The topological polar surface area (TPSA) is 52.7 Å². The van der Waals surface area contributed by atoms with Gasteiger partial charge in [0.15, 0.2) is 0 Å². The minimum Gasteiger partial charge on any atom is -0.353 e. The third-order valence-electron chi connectivity index (χ3n) is 6.65. The number of likely N-dealkylation sites (tertiary alicyclic amines) is 1. The summed E-state index contributed by atoms with van der Waals surface area (Å²) in [7, 11) is 0. The summed E-state index contributed by atoms with van der Waals surface area (Å²) in [6.07, 6.45) is 8.30. The number of piperidine rings is 1. The van der Waals surface area contributed by atoms with Gasteiger partial charge in [-0.25, -0.2) is 0 Å². The summed E-state index contributed by atoms with van der Waals surface area (Å²) in [5.74, 6) is -0.0876. The Labute approximate surface area is 168 Å². The molecule has 1 aromatic carbocycles. The van der Waals surface area contributed by atoms with Crippen LogP contribution in [-0.4, -0.2) is 48.9 Å². The molecule has 1 N–H and O–H groups in total. The first-order valence-corrected chi connectivity index (χ1v) is 11.1. The van der Waals surface area contributed by atoms with E-state index in [1.165, 1.54) is 36.9 Å². The number of carbonyl (C=O) groups excluding carboxylic acids is 2. The van der Waals surface area contributed by atoms with Crippen LogP contribution in [0.25, 0.3) is 0 Å². The predicted molar refractivity (Wildman–Crippen MR) is 111 cm³/mol. The van der Waals surface area contributed by atoms with E-state index in [1.807, 2.05) is 11.0 Å². The molecule has 1 aromatic rings. The fraction of sp³-hybridized carbons (Fsp3) is 0.652. The molecule has 0 spiro atoms. The normalized spacial score (nSPS) is 23.2. The van der Waals surface area contributed by atoms with E-state index in [-0.39, 0.29) is 23.8 Å². The molecule has 2 fully saturated rings. The van der Waals surface area contributed by atoms with Crippen LogP contribution in [0.4, 0.5) is 5.69 Å². The Morgan fingerprint density at radius 3 is 2.75 bits per heavy atom. The van der Waals surface area contributed by atoms with Crippen molar-refractivity contribution in [1.29, 1.82) is 0 Å². The molecular weight excluding hydrogens is 350 g/mol. The molecule has 1 atom stereocenters. The van der Waals surface area contributed by atoms with Crippen LogP contribution in [-0.2, 0) is 22.4 Å². The van der Waals surface area contributed by atoms with Crippen LogP contribution < -0.4 is 10.2 Å². The van der Waals surface area contributed by atoms with Gasteiger partial charge in [0.05, 0.1) is 5.92 Å². The molecule has 4 rings (SSSR count). The lowest BCUT2D eigenvalue weighted by Gasteiger charge is -2.32. The van der Waals surface area contributed by atoms with Gasteiger partial charge < -0.3 is 15.1 Å². The van der Waals surface area contributed by atoms with Crippen molar-refractivity contribution in [1.82, 2.24) is 10.2 Å². The Kier molecular flexibility index (Phi) is 6.00. The molecule has 0 saturated carbocycles. The van der Waals surface area contributed by atoms with Crippen LogP contribution in [0.15, 0.2) is 18.2 Å². The predicted octanol–water partition coefficient (Wildman–Crippen LogP) is 2.91. The number of hydrogen-bond donors (Lipinski definition) is 1. The second-order valence-corrected chi connectivity index (χ2v) is 8.69. The highest BCUT2D eigenvalue weighted by Crippen LogP contribution is 2.30. The molecule has 28 heavy (non-hydrogen) atoms. The van der Waals surface area contributed by atoms with Gasteiger partial charge in [-0.15, -0.1) is 0 Å². The zero-order valence-corrected chi connectivity index (χ0v) is 17.1. The van der Waals surface area contributed by atoms with Gasteiger partial charge in [0.25, 0.3) is 0 Å². The van der Waals surface area contributed by atoms with Crippen molar-refractivity contribution in [3.8, 4) is 0 Å². The van der Waals surface area contributed by atoms with E-state index in [2.05, 4.69) is 29.3 Å². The SMILES string of the molecule is CCCCN1CCC(NC(=O)C2CC(=O)N(c3ccc4c(c3)CCC4)C2)CC1. The highest BCUT2D eigenvalue weighted by Gasteiger charge is 2.36. The molecule has 2 amide bonds. The minimum atomic E-state index is -0.223. The molecule has 152 valence electrons. The van der Waals surface area contributed by atoms with Crippen molar-refractivity contribution in [2.75, 3.05) is 31.1 Å². The zero-order chi connectivity index (χ0) is 19.5. The monoisotopic (exact) mass is 383 g/mol. The largest absolute Gasteiger partial charge is 0.353 e. The van der Waals surface area contributed by atoms with Gasteiger partial charge in [0.1, 0.15) is 0 Å². The first-order valence-electron chi connectivity index (χ1n) is 11.1. The van der Waals surface area contributed by atoms with E-state index in [4.69, 9.17) is 0 Å². The van der Waals surface area contributed by atoms with Crippen molar-refractivity contribution in [2.45, 2.75) is 64.3 Å². The van der Waals surface area contributed by atoms with Crippen LogP contribution in [0.2, 0.25) is 0 Å². The van der Waals surface area contributed by atoms with Crippen LogP contribution in [0.3, 0.4) is 0 Å². The lowest BCUT2D eigenvalue weighted by Crippen LogP contribution is -2.46. The van der Waals surface area contributed by atoms with Crippen LogP contribution >= 0.6 is 0 Å². The van der Waals surface area contributed by atoms with Gasteiger partial charge in [0.2, 0.25) is 11.8 Å². The van der Waals surface area contributed by atoms with E-state index < -0.39 is 0 Å². The van der Waals surface area contributed by atoms with Crippen molar-refractivity contribution in [3.05, 3.63) is 29.3 Å². The van der Waals surface area contributed by atoms with E-state index in [0.717, 1.165) is 44.5 Å². The summed E-state index contributed by atoms with van der Waals surface area (Å²) < 4.78 is 0. The van der Waals surface area contributed by atoms with Crippen LogP contribution in [0.5, 0.6) is 0 Å². The molecule has 0 bridgehead atoms. The average molecular weight is 384 g/mol. The lowest BCUT2D eigenvalue weighted by molar-refractivity contribution is -0.127. The van der Waals surface area contributed by atoms with Gasteiger partial charge >= 0.3 is 0 Å². The number of carbonyl (C=O) groups is 2. The molecule has 0 radical (unpaired) electrons. The number of nitrogens with zero attached hydrogens (tertiary/aromatic N) is 2. The highest BCUT2D eigenvalue weighted by atomic mass is 16.2. The number of benzene rings is 1. The van der Waals surface area contributed by atoms with Gasteiger partial charge in [-0.1, -0.05) is 19.4 Å². The number of fused-ring (bicyclic) bond motifs is 1. The number of rotatable bonds is 6. The first-order chi connectivity index (χ1) is 13.6. The van der Waals surface area contributed by atoms with Gasteiger partial charge in [0, 0.05) is 37.8 Å². The molecular formula is C23H33N3O2. The second-order valence-electron chi connectivity index (χ2n) is 8.69. The number of unbranched alkanes of at least 4 members (excludes halogenated alkanes) is 1.